The Kier molecular flexibility index (Phi) is 6.53. The summed E-state index contributed by atoms with van der Waals surface area (Å²) in [6.45, 7) is 4.79. The maximum Gasteiger partial charge on any atom is 0.259 e. The molecule has 178 valence electrons. The third-order valence-electron chi connectivity index (χ3n) is 7.00. The molecule has 1 unspecified atom stereocenters. The first kappa shape index (κ1) is 22.5. The van der Waals surface area contributed by atoms with Gasteiger partial charge in [-0.2, -0.15) is 5.10 Å². The summed E-state index contributed by atoms with van der Waals surface area (Å²) in [5.74, 6) is 1.11. The monoisotopic (exact) mass is 461 g/mol. The van der Waals surface area contributed by atoms with Gasteiger partial charge in [0.1, 0.15) is 11.5 Å². The molecule has 9 heteroatoms. The number of hydrogen-bond donors (Lipinski definition) is 2. The number of anilines is 2. The van der Waals surface area contributed by atoms with Crippen molar-refractivity contribution in [1.29, 1.82) is 0 Å². The Bertz CT molecular complexity index is 1210. The summed E-state index contributed by atoms with van der Waals surface area (Å²) in [5.41, 5.74) is 0.805. The number of fused-ring (bicyclic) bond motifs is 1. The van der Waals surface area contributed by atoms with Crippen LogP contribution in [0, 0.1) is 5.92 Å². The molecule has 2 aliphatic rings. The number of piperidine rings is 1. The number of rotatable bonds is 7. The number of nitrogens with zero attached hydrogens (tertiary/aromatic N) is 5. The molecule has 2 N–H and O–H groups in total. The summed E-state index contributed by atoms with van der Waals surface area (Å²) in [7, 11) is 0. The van der Waals surface area contributed by atoms with Gasteiger partial charge >= 0.3 is 0 Å². The third kappa shape index (κ3) is 4.94. The first-order valence-corrected chi connectivity index (χ1v) is 12.2. The second-order valence-corrected chi connectivity index (χ2v) is 9.43. The van der Waals surface area contributed by atoms with Gasteiger partial charge in [0.25, 0.3) is 5.56 Å². The Morgan fingerprint density at radius 3 is 2.79 bits per heavy atom. The highest BCUT2D eigenvalue weighted by molar-refractivity contribution is 5.94. The summed E-state index contributed by atoms with van der Waals surface area (Å²) >= 11 is 0. The second kappa shape index (κ2) is 9.89. The zero-order valence-corrected chi connectivity index (χ0v) is 19.5. The van der Waals surface area contributed by atoms with Crippen molar-refractivity contribution in [2.24, 2.45) is 5.92 Å². The van der Waals surface area contributed by atoms with Crippen LogP contribution in [0.1, 0.15) is 50.6 Å². The summed E-state index contributed by atoms with van der Waals surface area (Å²) in [5, 5.41) is 15.2. The van der Waals surface area contributed by atoms with Crippen LogP contribution in [0.2, 0.25) is 0 Å². The molecule has 3 aromatic rings. The Hall–Kier alpha value is -3.33. The predicted molar refractivity (Wildman–Crippen MR) is 131 cm³/mol. The zero-order valence-electron chi connectivity index (χ0n) is 19.5. The number of nitrogens with one attached hydrogen (secondary N) is 2. The van der Waals surface area contributed by atoms with Gasteiger partial charge in [0.05, 0.1) is 11.6 Å². The van der Waals surface area contributed by atoms with E-state index in [1.165, 1.54) is 36.2 Å². The van der Waals surface area contributed by atoms with Crippen molar-refractivity contribution in [2.45, 2.75) is 51.0 Å². The van der Waals surface area contributed by atoms with E-state index in [1.54, 1.807) is 31.3 Å². The molecule has 5 rings (SSSR count). The molecule has 34 heavy (non-hydrogen) atoms. The van der Waals surface area contributed by atoms with Gasteiger partial charge in [-0.15, -0.1) is 5.10 Å². The minimum Gasteiger partial charge on any atom is -0.354 e. The number of amides is 1. The molecule has 0 aromatic carbocycles. The number of aromatic nitrogens is 4. The van der Waals surface area contributed by atoms with E-state index in [9.17, 15) is 9.59 Å². The first-order valence-electron chi connectivity index (χ1n) is 12.2. The van der Waals surface area contributed by atoms with Crippen molar-refractivity contribution < 1.29 is 4.79 Å². The van der Waals surface area contributed by atoms with E-state index in [-0.39, 0.29) is 17.3 Å². The van der Waals surface area contributed by atoms with Crippen LogP contribution in [0.15, 0.2) is 47.4 Å². The van der Waals surface area contributed by atoms with E-state index in [4.69, 9.17) is 0 Å². The second-order valence-electron chi connectivity index (χ2n) is 9.43. The van der Waals surface area contributed by atoms with Gasteiger partial charge < -0.3 is 15.5 Å². The highest BCUT2D eigenvalue weighted by atomic mass is 16.2. The minimum atomic E-state index is -0.532. The largest absolute Gasteiger partial charge is 0.354 e. The molecule has 0 spiro atoms. The van der Waals surface area contributed by atoms with Gasteiger partial charge in [0.2, 0.25) is 5.91 Å². The molecule has 1 saturated heterocycles. The lowest BCUT2D eigenvalue weighted by molar-refractivity contribution is -0.117. The highest BCUT2D eigenvalue weighted by Gasteiger charge is 2.24. The van der Waals surface area contributed by atoms with Crippen molar-refractivity contribution in [1.82, 2.24) is 24.9 Å². The summed E-state index contributed by atoms with van der Waals surface area (Å²) in [6, 6.07) is 10.9. The molecule has 1 aliphatic carbocycles. The molecular weight excluding hydrogens is 430 g/mol. The normalized spacial score (nSPS) is 19.6. The molecule has 3 aromatic heterocycles. The number of hydrogen-bond acceptors (Lipinski definition) is 7. The predicted octanol–water partition coefficient (Wildman–Crippen LogP) is 2.59. The van der Waals surface area contributed by atoms with Crippen LogP contribution in [0.3, 0.4) is 0 Å². The Morgan fingerprint density at radius 2 is 2.03 bits per heavy atom. The van der Waals surface area contributed by atoms with E-state index < -0.39 is 5.92 Å². The summed E-state index contributed by atoms with van der Waals surface area (Å²) < 4.78 is 1.43. The van der Waals surface area contributed by atoms with Crippen LogP contribution in [0.5, 0.6) is 0 Å². The molecule has 2 atom stereocenters. The molecule has 1 saturated carbocycles. The van der Waals surface area contributed by atoms with E-state index in [0.717, 1.165) is 37.8 Å². The first-order chi connectivity index (χ1) is 16.6. The van der Waals surface area contributed by atoms with Crippen LogP contribution >= 0.6 is 0 Å². The molecule has 4 heterocycles. The van der Waals surface area contributed by atoms with Gasteiger partial charge in [0.15, 0.2) is 5.82 Å². The zero-order chi connectivity index (χ0) is 23.5. The fourth-order valence-corrected chi connectivity index (χ4v) is 4.60. The smallest absolute Gasteiger partial charge is 0.259 e. The molecule has 0 radical (unpaired) electrons. The Balaban J connectivity index is 1.20. The lowest BCUT2D eigenvalue weighted by Crippen LogP contribution is -2.47. The SMILES string of the molecule is CC(C(=O)Nc1cc(=O)n2ccccc2n1)c1ccc(N2CCC[C@@H](NCC3CCC3)C2)nn1. The van der Waals surface area contributed by atoms with Gasteiger partial charge in [-0.25, -0.2) is 4.98 Å². The number of carbonyl (C=O) groups is 1. The lowest BCUT2D eigenvalue weighted by Gasteiger charge is -2.35. The quantitative estimate of drug-likeness (QED) is 0.557. The van der Waals surface area contributed by atoms with Crippen LogP contribution in [0.4, 0.5) is 11.6 Å². The van der Waals surface area contributed by atoms with Gasteiger partial charge in [-0.1, -0.05) is 12.5 Å². The van der Waals surface area contributed by atoms with E-state index >= 15 is 0 Å². The molecule has 1 aliphatic heterocycles. The summed E-state index contributed by atoms with van der Waals surface area (Å²) in [6.07, 6.45) is 8.05. The van der Waals surface area contributed by atoms with E-state index in [1.807, 2.05) is 12.1 Å². The lowest BCUT2D eigenvalue weighted by atomic mass is 9.85. The average molecular weight is 462 g/mol. The van der Waals surface area contributed by atoms with E-state index in [2.05, 4.69) is 30.7 Å². The van der Waals surface area contributed by atoms with Crippen LogP contribution in [0.25, 0.3) is 5.65 Å². The van der Waals surface area contributed by atoms with Gasteiger partial charge in [-0.3, -0.25) is 14.0 Å². The fraction of sp³-hybridized carbons (Fsp3) is 0.480. The average Bonchev–Trinajstić information content (AvgIpc) is 2.83. The van der Waals surface area contributed by atoms with Crippen molar-refractivity contribution in [3.63, 3.8) is 0 Å². The molecule has 0 bridgehead atoms. The Morgan fingerprint density at radius 1 is 1.15 bits per heavy atom. The minimum absolute atomic E-state index is 0.228. The number of carbonyl (C=O) groups excluding carboxylic acids is 1. The van der Waals surface area contributed by atoms with E-state index in [0.29, 0.717) is 17.4 Å². The van der Waals surface area contributed by atoms with Crippen LogP contribution < -0.4 is 21.1 Å². The standard InChI is InChI=1S/C25H31N7O2/c1-17(25(34)28-21-14-24(33)32-13-3-2-9-22(32)27-21)20-10-11-23(30-29-20)31-12-5-8-19(16-31)26-15-18-6-4-7-18/h2-3,9-11,13-14,17-19,26H,4-8,12,15-16H2,1H3,(H,28,34)/t17?,19-/m1/s1. The maximum absolute atomic E-state index is 12.8. The van der Waals surface area contributed by atoms with Gasteiger partial charge in [-0.05, 0) is 69.3 Å². The van der Waals surface area contributed by atoms with Crippen molar-refractivity contribution in [2.75, 3.05) is 29.9 Å². The van der Waals surface area contributed by atoms with Crippen molar-refractivity contribution in [3.05, 3.63) is 58.6 Å². The van der Waals surface area contributed by atoms with Gasteiger partial charge in [0, 0.05) is 31.4 Å². The third-order valence-corrected chi connectivity index (χ3v) is 7.00. The van der Waals surface area contributed by atoms with Crippen molar-refractivity contribution >= 4 is 23.2 Å². The molecule has 1 amide bonds. The van der Waals surface area contributed by atoms with Crippen LogP contribution in [-0.2, 0) is 4.79 Å². The molecular formula is C25H31N7O2. The molecule has 9 nitrogen and oxygen atoms in total. The highest BCUT2D eigenvalue weighted by Crippen LogP contribution is 2.26. The Labute approximate surface area is 198 Å². The van der Waals surface area contributed by atoms with Crippen molar-refractivity contribution in [3.8, 4) is 0 Å². The van der Waals surface area contributed by atoms with Crippen LogP contribution in [-0.4, -0.2) is 51.2 Å². The molecule has 2 fully saturated rings. The topological polar surface area (TPSA) is 105 Å². The summed E-state index contributed by atoms with van der Waals surface area (Å²) in [4.78, 5) is 31.7. The number of pyridine rings is 1. The maximum atomic E-state index is 12.8. The fourth-order valence-electron chi connectivity index (χ4n) is 4.60.